The summed E-state index contributed by atoms with van der Waals surface area (Å²) >= 11 is 6.41. The van der Waals surface area contributed by atoms with Crippen molar-refractivity contribution in [2.45, 2.75) is -0.565 Å². The summed E-state index contributed by atoms with van der Waals surface area (Å²) in [4.78, 5) is 10.4. The first-order valence-corrected chi connectivity index (χ1v) is 5.39. The minimum Gasteiger partial charge on any atom is -0.399 e. The van der Waals surface area contributed by atoms with Crippen molar-refractivity contribution in [1.82, 2.24) is 0 Å². The Morgan fingerprint density at radius 1 is 1.40 bits per heavy atom. The van der Waals surface area contributed by atoms with E-state index in [0.717, 1.165) is 0 Å². The molecule has 0 saturated carbocycles. The summed E-state index contributed by atoms with van der Waals surface area (Å²) in [7, 11) is 0. The van der Waals surface area contributed by atoms with E-state index >= 15 is 0 Å². The van der Waals surface area contributed by atoms with E-state index < -0.39 is 5.82 Å². The van der Waals surface area contributed by atoms with Gasteiger partial charge in [-0.3, -0.25) is 0 Å². The zero-order valence-electron chi connectivity index (χ0n) is 4.44. The molecule has 56 valence electrons. The Morgan fingerprint density at radius 2 is 2.00 bits per heavy atom. The van der Waals surface area contributed by atoms with Crippen LogP contribution in [0, 0.1) is 0 Å². The van der Waals surface area contributed by atoms with Gasteiger partial charge in [0.05, 0.1) is 0 Å². The predicted molar refractivity (Wildman–Crippen MR) is 61.0 cm³/mol. The second kappa shape index (κ2) is 3.29. The van der Waals surface area contributed by atoms with Crippen LogP contribution >= 0.6 is 67.8 Å². The van der Waals surface area contributed by atoms with Crippen LogP contribution in [0.25, 0.3) is 0 Å². The summed E-state index contributed by atoms with van der Waals surface area (Å²) in [6.45, 7) is 0. The SMILES string of the molecule is O=c1occ(C(I)(I)I)o1. The molecule has 10 heavy (non-hydrogen) atoms. The minimum atomic E-state index is -0.649. The molecule has 0 aliphatic heterocycles. The molecular formula is C4HI3O3. The molecule has 0 atom stereocenters. The van der Waals surface area contributed by atoms with Crippen LogP contribution in [0.3, 0.4) is 0 Å². The van der Waals surface area contributed by atoms with Gasteiger partial charge in [0.1, 0.15) is 6.26 Å². The van der Waals surface area contributed by atoms with Crippen LogP contribution in [0.15, 0.2) is 19.9 Å². The second-order valence-electron chi connectivity index (χ2n) is 1.45. The Labute approximate surface area is 97.3 Å². The number of halogens is 3. The van der Waals surface area contributed by atoms with E-state index in [1.165, 1.54) is 6.26 Å². The molecule has 1 heterocycles. The Balaban J connectivity index is 3.07. The Kier molecular flexibility index (Phi) is 3.06. The van der Waals surface area contributed by atoms with Gasteiger partial charge in [-0.1, -0.05) is 0 Å². The molecule has 0 N–H and O–H groups in total. The Morgan fingerprint density at radius 3 is 2.20 bits per heavy atom. The van der Waals surface area contributed by atoms with Crippen molar-refractivity contribution in [3.05, 3.63) is 22.6 Å². The minimum absolute atomic E-state index is 0.237. The van der Waals surface area contributed by atoms with Crippen LogP contribution < -0.4 is 5.82 Å². The molecule has 3 nitrogen and oxygen atoms in total. The lowest BCUT2D eigenvalue weighted by molar-refractivity contribution is 0.378. The Hall–Kier alpha value is 1.20. The molecule has 0 aromatic carbocycles. The van der Waals surface area contributed by atoms with E-state index in [1.54, 1.807) is 0 Å². The molecule has 0 saturated heterocycles. The van der Waals surface area contributed by atoms with Crippen molar-refractivity contribution in [1.29, 1.82) is 0 Å². The van der Waals surface area contributed by atoms with E-state index in [1.807, 2.05) is 0 Å². The van der Waals surface area contributed by atoms with Gasteiger partial charge < -0.3 is 8.83 Å². The maximum Gasteiger partial charge on any atom is 0.518 e. The fourth-order valence-corrected chi connectivity index (χ4v) is 1.08. The first kappa shape index (κ1) is 9.29. The lowest BCUT2D eigenvalue weighted by Crippen LogP contribution is -1.95. The molecule has 1 aromatic rings. The van der Waals surface area contributed by atoms with E-state index in [2.05, 4.69) is 72.2 Å². The van der Waals surface area contributed by atoms with Crippen molar-refractivity contribution in [3.63, 3.8) is 0 Å². The number of hydrogen-bond acceptors (Lipinski definition) is 3. The summed E-state index contributed by atoms with van der Waals surface area (Å²) in [5, 5.41) is 0. The predicted octanol–water partition coefficient (Wildman–Crippen LogP) is 2.65. The Bertz CT molecular complexity index is 268. The monoisotopic (exact) mass is 478 g/mol. The second-order valence-corrected chi connectivity index (χ2v) is 12.5. The molecule has 1 rings (SSSR count). The third-order valence-corrected chi connectivity index (χ3v) is 2.33. The molecule has 0 aliphatic rings. The molecule has 0 aliphatic carbocycles. The first-order valence-electron chi connectivity index (χ1n) is 2.16. The molecule has 0 unspecified atom stereocenters. The number of rotatable bonds is 1. The van der Waals surface area contributed by atoms with Gasteiger partial charge in [-0.2, -0.15) is 0 Å². The van der Waals surface area contributed by atoms with E-state index in [9.17, 15) is 4.79 Å². The highest BCUT2D eigenvalue weighted by Gasteiger charge is 2.25. The van der Waals surface area contributed by atoms with Crippen LogP contribution in [0.5, 0.6) is 0 Å². The molecule has 0 amide bonds. The van der Waals surface area contributed by atoms with Gasteiger partial charge >= 0.3 is 5.82 Å². The largest absolute Gasteiger partial charge is 0.518 e. The van der Waals surface area contributed by atoms with Crippen molar-refractivity contribution >= 4 is 67.8 Å². The van der Waals surface area contributed by atoms with Crippen molar-refractivity contribution < 1.29 is 8.83 Å². The van der Waals surface area contributed by atoms with E-state index in [-0.39, 0.29) is -0.565 Å². The molecule has 0 spiro atoms. The highest BCUT2D eigenvalue weighted by Crippen LogP contribution is 2.45. The molecule has 1 aromatic heterocycles. The quantitative estimate of drug-likeness (QED) is 0.461. The maximum absolute atomic E-state index is 10.4. The summed E-state index contributed by atoms with van der Waals surface area (Å²) in [5.74, 6) is -0.108. The lowest BCUT2D eigenvalue weighted by atomic mass is 10.6. The van der Waals surface area contributed by atoms with Gasteiger partial charge in [0.25, 0.3) is 0 Å². The van der Waals surface area contributed by atoms with Gasteiger partial charge in [-0.05, 0) is 67.8 Å². The average Bonchev–Trinajstić information content (AvgIpc) is 2.11. The van der Waals surface area contributed by atoms with Crippen molar-refractivity contribution in [3.8, 4) is 0 Å². The summed E-state index contributed by atoms with van der Waals surface area (Å²) in [6, 6.07) is 0. The van der Waals surface area contributed by atoms with Crippen molar-refractivity contribution in [2.75, 3.05) is 0 Å². The van der Waals surface area contributed by atoms with E-state index in [0.29, 0.717) is 5.76 Å². The molecule has 0 fully saturated rings. The molecule has 0 bridgehead atoms. The lowest BCUT2D eigenvalue weighted by Gasteiger charge is -2.04. The summed E-state index contributed by atoms with van der Waals surface area (Å²) in [6.07, 6.45) is 1.33. The first-order chi connectivity index (χ1) is 4.50. The summed E-state index contributed by atoms with van der Waals surface area (Å²) in [5.41, 5.74) is 0. The third-order valence-electron chi connectivity index (χ3n) is 0.735. The van der Waals surface area contributed by atoms with Crippen molar-refractivity contribution in [2.24, 2.45) is 0 Å². The average molecular weight is 478 g/mol. The van der Waals surface area contributed by atoms with Crippen LogP contribution in [0.4, 0.5) is 0 Å². The topological polar surface area (TPSA) is 43.4 Å². The fourth-order valence-electron chi connectivity index (χ4n) is 0.364. The zero-order chi connectivity index (χ0) is 7.78. The molecule has 6 heteroatoms. The van der Waals surface area contributed by atoms with Crippen LogP contribution in [0.1, 0.15) is 5.76 Å². The van der Waals surface area contributed by atoms with Gasteiger partial charge in [-0.15, -0.1) is 0 Å². The van der Waals surface area contributed by atoms with Gasteiger partial charge in [0.2, 0.25) is 0 Å². The zero-order valence-corrected chi connectivity index (χ0v) is 10.9. The summed E-state index contributed by atoms with van der Waals surface area (Å²) < 4.78 is 8.92. The van der Waals surface area contributed by atoms with Gasteiger partial charge in [-0.25, -0.2) is 4.79 Å². The smallest absolute Gasteiger partial charge is 0.399 e. The van der Waals surface area contributed by atoms with Gasteiger partial charge in [0.15, 0.2) is 5.20 Å². The highest BCUT2D eigenvalue weighted by atomic mass is 127. The van der Waals surface area contributed by atoms with Crippen LogP contribution in [-0.4, -0.2) is 0 Å². The molecule has 0 radical (unpaired) electrons. The number of hydrogen-bond donors (Lipinski definition) is 0. The third kappa shape index (κ3) is 2.36. The number of alkyl halides is 3. The van der Waals surface area contributed by atoms with Crippen LogP contribution in [-0.2, 0) is -0.565 Å². The normalized spacial score (nSPS) is 11.9. The highest BCUT2D eigenvalue weighted by molar-refractivity contribution is 14.3. The molecular weight excluding hydrogens is 477 g/mol. The van der Waals surface area contributed by atoms with E-state index in [4.69, 9.17) is 4.42 Å². The fraction of sp³-hybridized carbons (Fsp3) is 0.250. The van der Waals surface area contributed by atoms with Gasteiger partial charge in [0, 0.05) is 0 Å². The van der Waals surface area contributed by atoms with Crippen LogP contribution in [0.2, 0.25) is 0 Å². The maximum atomic E-state index is 10.4. The standard InChI is InChI=1S/C4HI3O3/c5-4(6,7)2-1-9-3(8)10-2/h1H.